The number of ether oxygens (including phenoxy) is 1. The molecule has 1 N–H and O–H groups in total. The van der Waals surface area contributed by atoms with Crippen molar-refractivity contribution < 1.29 is 18.4 Å². The Kier molecular flexibility index (Phi) is 8.08. The number of benzene rings is 3. The number of piperazine rings is 1. The maximum Gasteiger partial charge on any atom is 0.316 e. The maximum atomic E-state index is 13.8. The fourth-order valence-electron chi connectivity index (χ4n) is 4.41. The molecule has 0 amide bonds. The largest absolute Gasteiger partial charge is 0.449 e. The number of aromatic nitrogens is 2. The standard InChI is InChI=1S/C28H26ClFN4O4S/c1-39(37)33-14-12-32(13-15-33)26-17-31-34(23-7-5-22(29)6-8-23)28(36)27(26)38-24-9-2-19(3-10-24)20-4-11-25(30)21(16-20)18-35/h2-11,16-17,35H,12-15,18H2,1H3. The highest BCUT2D eigenvalue weighted by Gasteiger charge is 2.25. The summed E-state index contributed by atoms with van der Waals surface area (Å²) in [7, 11) is -1.07. The molecule has 11 heteroatoms. The Bertz CT molecular complexity index is 1560. The molecule has 0 radical (unpaired) electrons. The summed E-state index contributed by atoms with van der Waals surface area (Å²) in [6, 6.07) is 18.4. The molecule has 1 aliphatic heterocycles. The predicted octanol–water partition coefficient (Wildman–Crippen LogP) is 4.39. The summed E-state index contributed by atoms with van der Waals surface area (Å²) in [5, 5.41) is 14.3. The van der Waals surface area contributed by atoms with E-state index in [4.69, 9.17) is 16.3 Å². The molecule has 39 heavy (non-hydrogen) atoms. The summed E-state index contributed by atoms with van der Waals surface area (Å²) in [4.78, 5) is 15.7. The predicted molar refractivity (Wildman–Crippen MR) is 151 cm³/mol. The van der Waals surface area contributed by atoms with Gasteiger partial charge in [0.1, 0.15) is 17.3 Å². The first kappa shape index (κ1) is 27.0. The molecule has 2 heterocycles. The van der Waals surface area contributed by atoms with Crippen LogP contribution in [0.5, 0.6) is 11.5 Å². The van der Waals surface area contributed by atoms with Crippen molar-refractivity contribution in [3.8, 4) is 28.3 Å². The van der Waals surface area contributed by atoms with Crippen LogP contribution in [0.15, 0.2) is 77.7 Å². The molecule has 8 nitrogen and oxygen atoms in total. The van der Waals surface area contributed by atoms with Crippen molar-refractivity contribution in [1.29, 1.82) is 0 Å². The highest BCUT2D eigenvalue weighted by Crippen LogP contribution is 2.31. The number of aliphatic hydroxyl groups is 1. The summed E-state index contributed by atoms with van der Waals surface area (Å²) in [6.07, 6.45) is 3.26. The summed E-state index contributed by atoms with van der Waals surface area (Å²) in [5.74, 6) is 0.0845. The van der Waals surface area contributed by atoms with Gasteiger partial charge in [-0.3, -0.25) is 4.79 Å². The Morgan fingerprint density at radius 3 is 2.31 bits per heavy atom. The SMILES string of the molecule is CS(=O)N1CCN(c2cnn(-c3ccc(Cl)cc3)c(=O)c2Oc2ccc(-c3ccc(F)c(CO)c3)cc2)CC1. The molecule has 3 aromatic carbocycles. The van der Waals surface area contributed by atoms with Crippen molar-refractivity contribution in [2.75, 3.05) is 37.3 Å². The van der Waals surface area contributed by atoms with Crippen LogP contribution >= 0.6 is 11.6 Å². The summed E-state index contributed by atoms with van der Waals surface area (Å²) >= 11 is 6.02. The molecular weight excluding hydrogens is 543 g/mol. The Balaban J connectivity index is 1.49. The van der Waals surface area contributed by atoms with Crippen LogP contribution in [0.25, 0.3) is 16.8 Å². The second-order valence-electron chi connectivity index (χ2n) is 8.98. The van der Waals surface area contributed by atoms with Gasteiger partial charge in [-0.1, -0.05) is 29.8 Å². The summed E-state index contributed by atoms with van der Waals surface area (Å²) in [5.41, 5.74) is 2.40. The average Bonchev–Trinajstić information content (AvgIpc) is 2.95. The highest BCUT2D eigenvalue weighted by molar-refractivity contribution is 7.81. The first-order chi connectivity index (χ1) is 18.8. The van der Waals surface area contributed by atoms with E-state index < -0.39 is 29.0 Å². The average molecular weight is 569 g/mol. The molecule has 202 valence electrons. The van der Waals surface area contributed by atoms with Crippen LogP contribution in [0.2, 0.25) is 5.02 Å². The van der Waals surface area contributed by atoms with Crippen LogP contribution in [-0.2, 0) is 17.6 Å². The van der Waals surface area contributed by atoms with Gasteiger partial charge in [-0.2, -0.15) is 9.78 Å². The minimum absolute atomic E-state index is 0.114. The molecule has 1 saturated heterocycles. The van der Waals surface area contributed by atoms with Crippen molar-refractivity contribution in [1.82, 2.24) is 14.1 Å². The number of halogens is 2. The van der Waals surface area contributed by atoms with Gasteiger partial charge in [0, 0.05) is 43.0 Å². The molecule has 1 aliphatic rings. The van der Waals surface area contributed by atoms with Crippen molar-refractivity contribution in [3.63, 3.8) is 0 Å². The lowest BCUT2D eigenvalue weighted by Gasteiger charge is -2.34. The molecule has 4 aromatic rings. The Morgan fingerprint density at radius 2 is 1.67 bits per heavy atom. The fourth-order valence-corrected chi connectivity index (χ4v) is 5.22. The van der Waals surface area contributed by atoms with Crippen molar-refractivity contribution in [2.45, 2.75) is 6.61 Å². The number of rotatable bonds is 7. The second-order valence-corrected chi connectivity index (χ2v) is 10.8. The van der Waals surface area contributed by atoms with E-state index in [1.165, 1.54) is 10.7 Å². The molecule has 1 aromatic heterocycles. The van der Waals surface area contributed by atoms with Gasteiger partial charge in [0.15, 0.2) is 0 Å². The van der Waals surface area contributed by atoms with E-state index in [9.17, 15) is 18.5 Å². The number of hydrogen-bond acceptors (Lipinski definition) is 6. The van der Waals surface area contributed by atoms with Gasteiger partial charge in [0.25, 0.3) is 0 Å². The number of hydrogen-bond donors (Lipinski definition) is 1. The molecule has 0 saturated carbocycles. The van der Waals surface area contributed by atoms with Crippen LogP contribution < -0.4 is 15.2 Å². The van der Waals surface area contributed by atoms with Crippen molar-refractivity contribution >= 4 is 28.3 Å². The van der Waals surface area contributed by atoms with Gasteiger partial charge in [0.2, 0.25) is 5.75 Å². The Morgan fingerprint density at radius 1 is 1.00 bits per heavy atom. The lowest BCUT2D eigenvalue weighted by Crippen LogP contribution is -2.47. The third-order valence-electron chi connectivity index (χ3n) is 6.55. The van der Waals surface area contributed by atoms with Gasteiger partial charge >= 0.3 is 5.56 Å². The van der Waals surface area contributed by atoms with Gasteiger partial charge in [-0.25, -0.2) is 12.9 Å². The monoisotopic (exact) mass is 568 g/mol. The molecule has 1 fully saturated rings. The Hall–Kier alpha value is -3.57. The van der Waals surface area contributed by atoms with E-state index in [-0.39, 0.29) is 11.3 Å². The summed E-state index contributed by atoms with van der Waals surface area (Å²) < 4.78 is 35.0. The minimum Gasteiger partial charge on any atom is -0.449 e. The van der Waals surface area contributed by atoms with E-state index in [0.717, 1.165) is 11.1 Å². The van der Waals surface area contributed by atoms with Crippen LogP contribution in [0.3, 0.4) is 0 Å². The molecular formula is C28H26ClFN4O4S. The smallest absolute Gasteiger partial charge is 0.316 e. The third-order valence-corrected chi connectivity index (χ3v) is 7.90. The topological polar surface area (TPSA) is 87.9 Å². The number of aliphatic hydroxyl groups excluding tert-OH is 1. The van der Waals surface area contributed by atoms with E-state index in [2.05, 4.69) is 5.10 Å². The van der Waals surface area contributed by atoms with E-state index in [1.807, 2.05) is 9.21 Å². The van der Waals surface area contributed by atoms with Crippen molar-refractivity contribution in [2.24, 2.45) is 0 Å². The Labute approximate surface area is 232 Å². The lowest BCUT2D eigenvalue weighted by molar-refractivity contribution is 0.276. The van der Waals surface area contributed by atoms with Gasteiger partial charge in [-0.15, -0.1) is 0 Å². The van der Waals surface area contributed by atoms with Crippen LogP contribution in [0.1, 0.15) is 5.56 Å². The molecule has 0 bridgehead atoms. The lowest BCUT2D eigenvalue weighted by atomic mass is 10.0. The van der Waals surface area contributed by atoms with Crippen LogP contribution in [-0.4, -0.2) is 55.8 Å². The van der Waals surface area contributed by atoms with Gasteiger partial charge in [0.05, 0.1) is 29.5 Å². The van der Waals surface area contributed by atoms with E-state index in [1.54, 1.807) is 73.1 Å². The first-order valence-electron chi connectivity index (χ1n) is 12.2. The maximum absolute atomic E-state index is 13.8. The molecule has 5 rings (SSSR count). The van der Waals surface area contributed by atoms with Crippen LogP contribution in [0, 0.1) is 5.82 Å². The van der Waals surface area contributed by atoms with Crippen molar-refractivity contribution in [3.05, 3.63) is 99.7 Å². The molecule has 0 spiro atoms. The highest BCUT2D eigenvalue weighted by atomic mass is 35.5. The zero-order chi connectivity index (χ0) is 27.5. The zero-order valence-electron chi connectivity index (χ0n) is 21.1. The molecule has 1 atom stereocenters. The van der Waals surface area contributed by atoms with E-state index in [0.29, 0.717) is 48.3 Å². The fraction of sp³-hybridized carbons (Fsp3) is 0.214. The van der Waals surface area contributed by atoms with Gasteiger partial charge in [-0.05, 0) is 59.7 Å². The summed E-state index contributed by atoms with van der Waals surface area (Å²) in [6.45, 7) is 1.86. The molecule has 0 aliphatic carbocycles. The minimum atomic E-state index is -1.07. The number of anilines is 1. The van der Waals surface area contributed by atoms with E-state index >= 15 is 0 Å². The van der Waals surface area contributed by atoms with Gasteiger partial charge < -0.3 is 14.7 Å². The second kappa shape index (κ2) is 11.7. The quantitative estimate of drug-likeness (QED) is 0.356. The first-order valence-corrected chi connectivity index (χ1v) is 14.1. The zero-order valence-corrected chi connectivity index (χ0v) is 22.7. The normalized spacial score (nSPS) is 14.8. The number of nitrogens with zero attached hydrogens (tertiary/aromatic N) is 4. The molecule has 1 unspecified atom stereocenters. The van der Waals surface area contributed by atoms with Crippen LogP contribution in [0.4, 0.5) is 10.1 Å². The third kappa shape index (κ3) is 5.89.